The summed E-state index contributed by atoms with van der Waals surface area (Å²) in [7, 11) is 0. The average molecular weight is 396 g/mol. The molecule has 29 heavy (non-hydrogen) atoms. The Kier molecular flexibility index (Phi) is 7.65. The van der Waals surface area contributed by atoms with Crippen LogP contribution in [0.5, 0.6) is 0 Å². The first-order valence-electron chi connectivity index (χ1n) is 9.18. The molecule has 0 heterocycles. The minimum Gasteiger partial charge on any atom is -0.456 e. The van der Waals surface area contributed by atoms with Gasteiger partial charge in [0.1, 0.15) is 0 Å². The summed E-state index contributed by atoms with van der Waals surface area (Å²) in [5.74, 6) is -1.60. The maximum atomic E-state index is 12.0. The second-order valence-electron chi connectivity index (χ2n) is 6.71. The molecule has 0 atom stereocenters. The largest absolute Gasteiger partial charge is 0.456 e. The summed E-state index contributed by atoms with van der Waals surface area (Å²) in [6.45, 7) is 4.81. The van der Waals surface area contributed by atoms with Gasteiger partial charge in [0.05, 0.1) is 6.42 Å². The maximum absolute atomic E-state index is 12.0. The van der Waals surface area contributed by atoms with E-state index in [1.54, 1.807) is 24.3 Å². The zero-order chi connectivity index (χ0) is 21.4. The van der Waals surface area contributed by atoms with E-state index in [2.05, 4.69) is 10.6 Å². The van der Waals surface area contributed by atoms with Crippen molar-refractivity contribution in [3.63, 3.8) is 0 Å². The number of rotatable bonds is 8. The van der Waals surface area contributed by atoms with E-state index in [1.807, 2.05) is 32.0 Å². The van der Waals surface area contributed by atoms with Crippen LogP contribution in [0.2, 0.25) is 0 Å². The van der Waals surface area contributed by atoms with Gasteiger partial charge in [0, 0.05) is 23.4 Å². The SMILES string of the molecule is CC(=O)c1cccc(NC(=O)COC(=O)CCC(=O)Nc2ccc(C)cc2C)c1. The first kappa shape index (κ1) is 21.8. The van der Waals surface area contributed by atoms with Gasteiger partial charge in [0.25, 0.3) is 5.91 Å². The van der Waals surface area contributed by atoms with Crippen LogP contribution in [0.3, 0.4) is 0 Å². The van der Waals surface area contributed by atoms with Gasteiger partial charge >= 0.3 is 5.97 Å². The first-order chi connectivity index (χ1) is 13.7. The number of carbonyl (C=O) groups is 4. The molecule has 0 saturated carbocycles. The van der Waals surface area contributed by atoms with Crippen molar-refractivity contribution in [2.45, 2.75) is 33.6 Å². The van der Waals surface area contributed by atoms with Gasteiger partial charge in [-0.15, -0.1) is 0 Å². The van der Waals surface area contributed by atoms with E-state index in [9.17, 15) is 19.2 Å². The van der Waals surface area contributed by atoms with Gasteiger partial charge in [-0.2, -0.15) is 0 Å². The molecular weight excluding hydrogens is 372 g/mol. The number of amides is 2. The number of carbonyl (C=O) groups excluding carboxylic acids is 4. The van der Waals surface area contributed by atoms with Crippen molar-refractivity contribution < 1.29 is 23.9 Å². The average Bonchev–Trinajstić information content (AvgIpc) is 2.67. The normalized spacial score (nSPS) is 10.2. The van der Waals surface area contributed by atoms with Crippen LogP contribution in [0, 0.1) is 13.8 Å². The molecular formula is C22H24N2O5. The summed E-state index contributed by atoms with van der Waals surface area (Å²) in [6.07, 6.45) is -0.182. The van der Waals surface area contributed by atoms with Gasteiger partial charge in [0.15, 0.2) is 12.4 Å². The third-order valence-electron chi connectivity index (χ3n) is 4.13. The summed E-state index contributed by atoms with van der Waals surface area (Å²) in [6, 6.07) is 12.1. The van der Waals surface area contributed by atoms with Gasteiger partial charge in [0.2, 0.25) is 5.91 Å². The number of hydrogen-bond acceptors (Lipinski definition) is 5. The molecule has 2 aromatic carbocycles. The molecule has 7 nitrogen and oxygen atoms in total. The van der Waals surface area contributed by atoms with E-state index in [0.717, 1.165) is 11.1 Å². The van der Waals surface area contributed by atoms with E-state index < -0.39 is 18.5 Å². The highest BCUT2D eigenvalue weighted by Gasteiger charge is 2.12. The number of benzene rings is 2. The second-order valence-corrected chi connectivity index (χ2v) is 6.71. The molecule has 2 aromatic rings. The van der Waals surface area contributed by atoms with Crippen LogP contribution in [0.15, 0.2) is 42.5 Å². The Bertz CT molecular complexity index is 937. The van der Waals surface area contributed by atoms with E-state index in [0.29, 0.717) is 16.9 Å². The zero-order valence-electron chi connectivity index (χ0n) is 16.7. The number of nitrogens with one attached hydrogen (secondary N) is 2. The quantitative estimate of drug-likeness (QED) is 0.526. The molecule has 0 aliphatic carbocycles. The van der Waals surface area contributed by atoms with Crippen molar-refractivity contribution in [2.24, 2.45) is 0 Å². The molecule has 0 saturated heterocycles. The Morgan fingerprint density at radius 3 is 2.34 bits per heavy atom. The number of anilines is 2. The molecule has 152 valence electrons. The van der Waals surface area contributed by atoms with E-state index >= 15 is 0 Å². The zero-order valence-corrected chi connectivity index (χ0v) is 16.7. The van der Waals surface area contributed by atoms with Gasteiger partial charge in [-0.25, -0.2) is 0 Å². The molecule has 0 aliphatic rings. The minimum atomic E-state index is -0.645. The van der Waals surface area contributed by atoms with Crippen LogP contribution in [0.4, 0.5) is 11.4 Å². The molecule has 0 radical (unpaired) electrons. The second kappa shape index (κ2) is 10.2. The number of Topliss-reactive ketones (excluding diaryl/α,β-unsaturated/α-hetero) is 1. The molecule has 2 amide bonds. The Hall–Kier alpha value is -3.48. The number of aryl methyl sites for hydroxylation is 2. The minimum absolute atomic E-state index is 0.0472. The Morgan fingerprint density at radius 2 is 1.66 bits per heavy atom. The molecule has 2 rings (SSSR count). The topological polar surface area (TPSA) is 102 Å². The predicted octanol–water partition coefficient (Wildman–Crippen LogP) is 3.41. The summed E-state index contributed by atoms with van der Waals surface area (Å²) >= 11 is 0. The van der Waals surface area contributed by atoms with Crippen molar-refractivity contribution in [3.8, 4) is 0 Å². The molecule has 0 fully saturated rings. The van der Waals surface area contributed by atoms with Gasteiger partial charge in [-0.05, 0) is 44.5 Å². The van der Waals surface area contributed by atoms with E-state index in [1.165, 1.54) is 6.92 Å². The van der Waals surface area contributed by atoms with Crippen LogP contribution < -0.4 is 10.6 Å². The number of hydrogen-bond donors (Lipinski definition) is 2. The van der Waals surface area contributed by atoms with Crippen molar-refractivity contribution >= 4 is 34.9 Å². The van der Waals surface area contributed by atoms with Crippen LogP contribution >= 0.6 is 0 Å². The van der Waals surface area contributed by atoms with Crippen LogP contribution in [-0.2, 0) is 19.1 Å². The van der Waals surface area contributed by atoms with Crippen LogP contribution in [0.1, 0.15) is 41.3 Å². The Morgan fingerprint density at radius 1 is 0.897 bits per heavy atom. The lowest BCUT2D eigenvalue weighted by Crippen LogP contribution is -2.22. The first-order valence-corrected chi connectivity index (χ1v) is 9.18. The maximum Gasteiger partial charge on any atom is 0.306 e. The van der Waals surface area contributed by atoms with Gasteiger partial charge in [-0.3, -0.25) is 19.2 Å². The van der Waals surface area contributed by atoms with Gasteiger partial charge in [-0.1, -0.05) is 29.8 Å². The molecule has 0 bridgehead atoms. The number of ether oxygens (including phenoxy) is 1. The number of esters is 1. The van der Waals surface area contributed by atoms with Crippen molar-refractivity contribution in [1.29, 1.82) is 0 Å². The third-order valence-corrected chi connectivity index (χ3v) is 4.13. The number of ketones is 1. The Labute approximate surface area is 169 Å². The van der Waals surface area contributed by atoms with Crippen molar-refractivity contribution in [3.05, 3.63) is 59.2 Å². The summed E-state index contributed by atoms with van der Waals surface area (Å²) < 4.78 is 4.90. The summed E-state index contributed by atoms with van der Waals surface area (Å²) in [5, 5.41) is 5.30. The van der Waals surface area contributed by atoms with Crippen molar-refractivity contribution in [1.82, 2.24) is 0 Å². The summed E-state index contributed by atoms with van der Waals surface area (Å²) in [4.78, 5) is 47.0. The lowest BCUT2D eigenvalue weighted by atomic mass is 10.1. The van der Waals surface area contributed by atoms with Gasteiger partial charge < -0.3 is 15.4 Å². The third kappa shape index (κ3) is 7.21. The highest BCUT2D eigenvalue weighted by molar-refractivity contribution is 5.98. The molecule has 0 unspecified atom stereocenters. The highest BCUT2D eigenvalue weighted by Crippen LogP contribution is 2.16. The van der Waals surface area contributed by atoms with E-state index in [-0.39, 0.29) is 24.5 Å². The molecule has 0 aromatic heterocycles. The molecule has 7 heteroatoms. The highest BCUT2D eigenvalue weighted by atomic mass is 16.5. The fourth-order valence-electron chi connectivity index (χ4n) is 2.61. The predicted molar refractivity (Wildman–Crippen MR) is 110 cm³/mol. The van der Waals surface area contributed by atoms with Crippen LogP contribution in [0.25, 0.3) is 0 Å². The fourth-order valence-corrected chi connectivity index (χ4v) is 2.61. The molecule has 0 spiro atoms. The fraction of sp³-hybridized carbons (Fsp3) is 0.273. The van der Waals surface area contributed by atoms with Crippen LogP contribution in [-0.4, -0.2) is 30.2 Å². The van der Waals surface area contributed by atoms with E-state index in [4.69, 9.17) is 4.74 Å². The molecule has 0 aliphatic heterocycles. The van der Waals surface area contributed by atoms with Crippen molar-refractivity contribution in [2.75, 3.05) is 17.2 Å². The summed E-state index contributed by atoms with van der Waals surface area (Å²) in [5.41, 5.74) is 3.63. The molecule has 2 N–H and O–H groups in total. The standard InChI is InChI=1S/C22H24N2O5/c1-14-7-8-19(15(2)11-14)24-20(26)9-10-22(28)29-13-21(27)23-18-6-4-5-17(12-18)16(3)25/h4-8,11-12H,9-10,13H2,1-3H3,(H,23,27)(H,24,26). The Balaban J connectivity index is 1.73. The lowest BCUT2D eigenvalue weighted by molar-refractivity contribution is -0.147. The monoisotopic (exact) mass is 396 g/mol. The smallest absolute Gasteiger partial charge is 0.306 e. The lowest BCUT2D eigenvalue weighted by Gasteiger charge is -2.09.